The summed E-state index contributed by atoms with van der Waals surface area (Å²) in [6.07, 6.45) is 3.98. The molecule has 112 valence electrons. The minimum Gasteiger partial charge on any atom is -0.349 e. The van der Waals surface area contributed by atoms with Gasteiger partial charge in [-0.1, -0.05) is 25.1 Å². The third kappa shape index (κ3) is 2.15. The normalized spacial score (nSPS) is 16.5. The zero-order valence-corrected chi connectivity index (χ0v) is 12.7. The summed E-state index contributed by atoms with van der Waals surface area (Å²) in [7, 11) is 0. The van der Waals surface area contributed by atoms with Crippen LogP contribution >= 0.6 is 0 Å². The number of nitrogens with one attached hydrogen (secondary N) is 1. The number of benzene rings is 1. The van der Waals surface area contributed by atoms with Gasteiger partial charge in [-0.15, -0.1) is 0 Å². The first-order chi connectivity index (χ1) is 10.7. The van der Waals surface area contributed by atoms with E-state index in [-0.39, 0.29) is 5.91 Å². The Balaban J connectivity index is 1.73. The predicted molar refractivity (Wildman–Crippen MR) is 87.9 cm³/mol. The molecular weight excluding hydrogens is 274 g/mol. The van der Waals surface area contributed by atoms with E-state index in [1.54, 1.807) is 6.20 Å². The van der Waals surface area contributed by atoms with Crippen LogP contribution in [0.15, 0.2) is 36.5 Å². The molecule has 1 aromatic carbocycles. The van der Waals surface area contributed by atoms with Crippen LogP contribution in [-0.4, -0.2) is 33.9 Å². The predicted octanol–water partition coefficient (Wildman–Crippen LogP) is 3.59. The van der Waals surface area contributed by atoms with Crippen LogP contribution in [0.2, 0.25) is 0 Å². The van der Waals surface area contributed by atoms with Crippen molar-refractivity contribution in [2.24, 2.45) is 5.92 Å². The first kappa shape index (κ1) is 13.3. The number of piperidine rings is 1. The van der Waals surface area contributed by atoms with Crippen molar-refractivity contribution in [3.05, 3.63) is 42.2 Å². The van der Waals surface area contributed by atoms with Gasteiger partial charge in [-0.25, -0.2) is 0 Å². The third-order valence-corrected chi connectivity index (χ3v) is 4.67. The molecule has 0 bridgehead atoms. The maximum absolute atomic E-state index is 12.7. The van der Waals surface area contributed by atoms with Gasteiger partial charge < -0.3 is 9.88 Å². The number of carbonyl (C=O) groups excluding carboxylic acids is 1. The van der Waals surface area contributed by atoms with Gasteiger partial charge in [-0.3, -0.25) is 9.78 Å². The molecule has 4 heteroatoms. The Morgan fingerprint density at radius 3 is 2.82 bits per heavy atom. The molecule has 3 aromatic rings. The number of aromatic amines is 1. The molecule has 0 spiro atoms. The largest absolute Gasteiger partial charge is 0.349 e. The van der Waals surface area contributed by atoms with E-state index in [0.29, 0.717) is 5.69 Å². The monoisotopic (exact) mass is 293 g/mol. The van der Waals surface area contributed by atoms with Gasteiger partial charge in [0.1, 0.15) is 5.69 Å². The number of nitrogens with zero attached hydrogens (tertiary/aromatic N) is 2. The molecule has 0 aliphatic carbocycles. The van der Waals surface area contributed by atoms with E-state index in [1.807, 2.05) is 29.2 Å². The average Bonchev–Trinajstić information content (AvgIpc) is 2.99. The number of amides is 1. The lowest BCUT2D eigenvalue weighted by molar-refractivity contribution is 0.0692. The lowest BCUT2D eigenvalue weighted by atomic mass is 9.99. The van der Waals surface area contributed by atoms with Crippen molar-refractivity contribution < 1.29 is 4.79 Å². The lowest BCUT2D eigenvalue weighted by Crippen LogP contribution is -2.38. The van der Waals surface area contributed by atoms with Gasteiger partial charge in [-0.2, -0.15) is 0 Å². The topological polar surface area (TPSA) is 49.0 Å². The Kier molecular flexibility index (Phi) is 3.10. The molecule has 1 aliphatic rings. The van der Waals surface area contributed by atoms with Crippen molar-refractivity contribution >= 4 is 27.7 Å². The summed E-state index contributed by atoms with van der Waals surface area (Å²) in [5.74, 6) is 0.826. The van der Waals surface area contributed by atoms with Gasteiger partial charge in [0.25, 0.3) is 5.91 Å². The van der Waals surface area contributed by atoms with E-state index in [9.17, 15) is 4.79 Å². The molecule has 22 heavy (non-hydrogen) atoms. The number of H-pyrrole nitrogens is 1. The van der Waals surface area contributed by atoms with Crippen LogP contribution in [0.5, 0.6) is 0 Å². The van der Waals surface area contributed by atoms with E-state index in [2.05, 4.69) is 23.0 Å². The lowest BCUT2D eigenvalue weighted by Gasteiger charge is -2.29. The zero-order valence-electron chi connectivity index (χ0n) is 12.7. The molecule has 1 fully saturated rings. The van der Waals surface area contributed by atoms with Gasteiger partial charge in [0, 0.05) is 30.1 Å². The number of fused-ring (bicyclic) bond motifs is 3. The Morgan fingerprint density at radius 1 is 1.23 bits per heavy atom. The highest BCUT2D eigenvalue weighted by atomic mass is 16.2. The summed E-state index contributed by atoms with van der Waals surface area (Å²) in [5, 5.41) is 2.13. The Hall–Kier alpha value is -2.36. The molecule has 0 atom stereocenters. The van der Waals surface area contributed by atoms with E-state index in [0.717, 1.165) is 53.7 Å². The number of aromatic nitrogens is 2. The summed E-state index contributed by atoms with van der Waals surface area (Å²) in [6.45, 7) is 3.96. The van der Waals surface area contributed by atoms with E-state index < -0.39 is 0 Å². The molecule has 0 radical (unpaired) electrons. The summed E-state index contributed by atoms with van der Waals surface area (Å²) in [4.78, 5) is 22.4. The molecule has 1 N–H and O–H groups in total. The van der Waals surface area contributed by atoms with Crippen molar-refractivity contribution in [3.8, 4) is 0 Å². The van der Waals surface area contributed by atoms with Crippen LogP contribution < -0.4 is 0 Å². The van der Waals surface area contributed by atoms with Gasteiger partial charge >= 0.3 is 0 Å². The second kappa shape index (κ2) is 5.13. The Morgan fingerprint density at radius 2 is 2.00 bits per heavy atom. The average molecular weight is 293 g/mol. The molecule has 0 unspecified atom stereocenters. The quantitative estimate of drug-likeness (QED) is 0.745. The fourth-order valence-corrected chi connectivity index (χ4v) is 3.24. The van der Waals surface area contributed by atoms with Crippen LogP contribution in [0.3, 0.4) is 0 Å². The number of rotatable bonds is 1. The first-order valence-corrected chi connectivity index (χ1v) is 7.88. The van der Waals surface area contributed by atoms with Crippen molar-refractivity contribution in [2.75, 3.05) is 13.1 Å². The highest BCUT2D eigenvalue weighted by molar-refractivity contribution is 6.07. The molecule has 0 saturated carbocycles. The summed E-state index contributed by atoms with van der Waals surface area (Å²) >= 11 is 0. The molecule has 1 saturated heterocycles. The van der Waals surface area contributed by atoms with Gasteiger partial charge in [0.05, 0.1) is 11.0 Å². The summed E-state index contributed by atoms with van der Waals surface area (Å²) in [5.41, 5.74) is 2.54. The first-order valence-electron chi connectivity index (χ1n) is 7.88. The maximum atomic E-state index is 12.7. The van der Waals surface area contributed by atoms with E-state index in [4.69, 9.17) is 0 Å². The van der Waals surface area contributed by atoms with Crippen molar-refractivity contribution in [1.29, 1.82) is 0 Å². The third-order valence-electron chi connectivity index (χ3n) is 4.67. The van der Waals surface area contributed by atoms with Crippen LogP contribution in [0.25, 0.3) is 21.8 Å². The number of pyridine rings is 1. The number of carbonyl (C=O) groups is 1. The van der Waals surface area contributed by atoms with Crippen molar-refractivity contribution in [1.82, 2.24) is 14.9 Å². The fourth-order valence-electron chi connectivity index (χ4n) is 3.24. The van der Waals surface area contributed by atoms with Crippen molar-refractivity contribution in [3.63, 3.8) is 0 Å². The van der Waals surface area contributed by atoms with Crippen LogP contribution in [0, 0.1) is 5.92 Å². The van der Waals surface area contributed by atoms with Gasteiger partial charge in [-0.05, 0) is 30.9 Å². The fraction of sp³-hybridized carbons (Fsp3) is 0.333. The minimum atomic E-state index is 0.104. The highest BCUT2D eigenvalue weighted by Gasteiger charge is 2.22. The summed E-state index contributed by atoms with van der Waals surface area (Å²) < 4.78 is 0. The minimum absolute atomic E-state index is 0.104. The van der Waals surface area contributed by atoms with E-state index >= 15 is 0 Å². The van der Waals surface area contributed by atoms with E-state index in [1.165, 1.54) is 0 Å². The number of likely N-dealkylation sites (tertiary alicyclic amines) is 1. The summed E-state index contributed by atoms with van der Waals surface area (Å²) in [6, 6.07) is 10.0. The smallest absolute Gasteiger partial charge is 0.270 e. The van der Waals surface area contributed by atoms with Gasteiger partial charge in [0.15, 0.2) is 0 Å². The molecular formula is C18H19N3O. The molecule has 2 aromatic heterocycles. The highest BCUT2D eigenvalue weighted by Crippen LogP contribution is 2.25. The zero-order chi connectivity index (χ0) is 15.1. The van der Waals surface area contributed by atoms with Crippen LogP contribution in [0.4, 0.5) is 0 Å². The van der Waals surface area contributed by atoms with Crippen LogP contribution in [-0.2, 0) is 0 Å². The number of hydrogen-bond acceptors (Lipinski definition) is 2. The molecule has 4 nitrogen and oxygen atoms in total. The SMILES string of the molecule is CC1CCN(C(=O)c2cc3ccc4cccnc4c3[nH]2)CC1. The maximum Gasteiger partial charge on any atom is 0.270 e. The second-order valence-electron chi connectivity index (χ2n) is 6.26. The molecule has 1 aliphatic heterocycles. The Bertz CT molecular complexity index is 844. The van der Waals surface area contributed by atoms with Crippen molar-refractivity contribution in [2.45, 2.75) is 19.8 Å². The number of hydrogen-bond donors (Lipinski definition) is 1. The molecule has 4 rings (SSSR count). The molecule has 1 amide bonds. The van der Waals surface area contributed by atoms with Crippen LogP contribution in [0.1, 0.15) is 30.3 Å². The van der Waals surface area contributed by atoms with Gasteiger partial charge in [0.2, 0.25) is 0 Å². The second-order valence-corrected chi connectivity index (χ2v) is 6.26. The standard InChI is InChI=1S/C18H19N3O/c1-12-6-9-21(10-7-12)18(22)15-11-14-5-4-13-3-2-8-19-16(13)17(14)20-15/h2-5,8,11-12,20H,6-7,9-10H2,1H3. The molecule has 3 heterocycles. The Labute approximate surface area is 129 Å².